The van der Waals surface area contributed by atoms with Gasteiger partial charge in [-0.05, 0) is 48.6 Å². The van der Waals surface area contributed by atoms with Gasteiger partial charge in [-0.25, -0.2) is 4.79 Å². The number of nitrogens with zero attached hydrogens (tertiary/aromatic N) is 1. The van der Waals surface area contributed by atoms with Gasteiger partial charge in [-0.3, -0.25) is 0 Å². The Labute approximate surface area is 172 Å². The summed E-state index contributed by atoms with van der Waals surface area (Å²) in [5.41, 5.74) is 7.24. The van der Waals surface area contributed by atoms with Gasteiger partial charge >= 0.3 is 6.03 Å². The SMILES string of the molecule is Cc1ccc(NC(=O)N2CCC(=C(c3ccccc3)c3ccccc3)CC2)cc1. The Hall–Kier alpha value is -3.33. The predicted octanol–water partition coefficient (Wildman–Crippen LogP) is 6.12. The Bertz CT molecular complexity index is 940. The average Bonchev–Trinajstić information content (AvgIpc) is 2.77. The lowest BCUT2D eigenvalue weighted by molar-refractivity contribution is 0.207. The van der Waals surface area contributed by atoms with Crippen LogP contribution < -0.4 is 5.32 Å². The molecule has 3 aromatic carbocycles. The number of anilines is 1. The fourth-order valence-corrected chi connectivity index (χ4v) is 3.85. The van der Waals surface area contributed by atoms with E-state index in [4.69, 9.17) is 0 Å². The van der Waals surface area contributed by atoms with E-state index in [1.807, 2.05) is 36.1 Å². The molecule has 1 aliphatic heterocycles. The van der Waals surface area contributed by atoms with Crippen molar-refractivity contribution in [1.82, 2.24) is 4.90 Å². The quantitative estimate of drug-likeness (QED) is 0.581. The zero-order valence-electron chi connectivity index (χ0n) is 16.8. The van der Waals surface area contributed by atoms with Gasteiger partial charge in [0.1, 0.15) is 0 Å². The number of hydrogen-bond acceptors (Lipinski definition) is 1. The fraction of sp³-hybridized carbons (Fsp3) is 0.192. The molecule has 1 heterocycles. The lowest BCUT2D eigenvalue weighted by Crippen LogP contribution is -2.39. The van der Waals surface area contributed by atoms with E-state index in [2.05, 4.69) is 66.0 Å². The van der Waals surface area contributed by atoms with Crippen LogP contribution >= 0.6 is 0 Å². The van der Waals surface area contributed by atoms with Crippen LogP contribution in [0.4, 0.5) is 10.5 Å². The minimum Gasteiger partial charge on any atom is -0.324 e. The second kappa shape index (κ2) is 8.78. The largest absolute Gasteiger partial charge is 0.324 e. The van der Waals surface area contributed by atoms with Crippen molar-refractivity contribution in [2.75, 3.05) is 18.4 Å². The molecule has 1 N–H and O–H groups in total. The molecular formula is C26H26N2O. The maximum Gasteiger partial charge on any atom is 0.321 e. The number of carbonyl (C=O) groups excluding carboxylic acids is 1. The molecule has 2 amide bonds. The Balaban J connectivity index is 1.52. The van der Waals surface area contributed by atoms with Crippen LogP contribution in [0.5, 0.6) is 0 Å². The van der Waals surface area contributed by atoms with Crippen LogP contribution in [0.2, 0.25) is 0 Å². The van der Waals surface area contributed by atoms with Crippen molar-refractivity contribution in [2.24, 2.45) is 0 Å². The topological polar surface area (TPSA) is 32.3 Å². The summed E-state index contributed by atoms with van der Waals surface area (Å²) in [6, 6.07) is 29.0. The van der Waals surface area contributed by atoms with E-state index in [9.17, 15) is 4.79 Å². The summed E-state index contributed by atoms with van der Waals surface area (Å²) in [6.07, 6.45) is 1.78. The Morgan fingerprint density at radius 3 is 1.79 bits per heavy atom. The van der Waals surface area contributed by atoms with Gasteiger partial charge in [0.05, 0.1) is 0 Å². The molecule has 1 fully saturated rings. The minimum absolute atomic E-state index is 0.0196. The standard InChI is InChI=1S/C26H26N2O/c1-20-12-14-24(15-13-20)27-26(29)28-18-16-23(17-19-28)25(21-8-4-2-5-9-21)22-10-6-3-7-11-22/h2-15H,16-19H2,1H3,(H,27,29). The molecule has 3 nitrogen and oxygen atoms in total. The second-order valence-electron chi connectivity index (χ2n) is 7.49. The van der Waals surface area contributed by atoms with Gasteiger partial charge in [-0.15, -0.1) is 0 Å². The lowest BCUT2D eigenvalue weighted by Gasteiger charge is -2.30. The molecule has 3 aromatic rings. The number of nitrogens with one attached hydrogen (secondary N) is 1. The summed E-state index contributed by atoms with van der Waals surface area (Å²) >= 11 is 0. The molecule has 3 heteroatoms. The third-order valence-electron chi connectivity index (χ3n) is 5.44. The van der Waals surface area contributed by atoms with Crippen LogP contribution in [-0.2, 0) is 0 Å². The minimum atomic E-state index is -0.0196. The molecule has 0 aromatic heterocycles. The van der Waals surface area contributed by atoms with Gasteiger partial charge in [0.25, 0.3) is 0 Å². The van der Waals surface area contributed by atoms with E-state index in [1.54, 1.807) is 0 Å². The molecule has 0 radical (unpaired) electrons. The highest BCUT2D eigenvalue weighted by atomic mass is 16.2. The molecular weight excluding hydrogens is 356 g/mol. The van der Waals surface area contributed by atoms with Gasteiger partial charge in [-0.2, -0.15) is 0 Å². The number of benzene rings is 3. The van der Waals surface area contributed by atoms with Gasteiger partial charge < -0.3 is 10.2 Å². The van der Waals surface area contributed by atoms with Crippen LogP contribution in [-0.4, -0.2) is 24.0 Å². The van der Waals surface area contributed by atoms with Gasteiger partial charge in [0.2, 0.25) is 0 Å². The summed E-state index contributed by atoms with van der Waals surface area (Å²) in [4.78, 5) is 14.6. The van der Waals surface area contributed by atoms with Crippen molar-refractivity contribution in [3.8, 4) is 0 Å². The maximum absolute atomic E-state index is 12.7. The third kappa shape index (κ3) is 4.57. The normalized spacial score (nSPS) is 13.8. The van der Waals surface area contributed by atoms with E-state index in [0.717, 1.165) is 31.6 Å². The lowest BCUT2D eigenvalue weighted by atomic mass is 9.88. The number of likely N-dealkylation sites (tertiary alicyclic amines) is 1. The third-order valence-corrected chi connectivity index (χ3v) is 5.44. The van der Waals surface area contributed by atoms with Gasteiger partial charge in [-0.1, -0.05) is 83.9 Å². The first-order valence-corrected chi connectivity index (χ1v) is 10.2. The number of rotatable bonds is 3. The van der Waals surface area contributed by atoms with Crippen molar-refractivity contribution < 1.29 is 4.79 Å². The van der Waals surface area contributed by atoms with Gasteiger partial charge in [0, 0.05) is 18.8 Å². The van der Waals surface area contributed by atoms with Crippen LogP contribution in [0.1, 0.15) is 29.5 Å². The van der Waals surface area contributed by atoms with E-state index < -0.39 is 0 Å². The second-order valence-corrected chi connectivity index (χ2v) is 7.49. The monoisotopic (exact) mass is 382 g/mol. The Morgan fingerprint density at radius 1 is 0.759 bits per heavy atom. The Kier molecular flexibility index (Phi) is 5.76. The number of amides is 2. The summed E-state index contributed by atoms with van der Waals surface area (Å²) in [6.45, 7) is 3.51. The molecule has 0 saturated carbocycles. The van der Waals surface area contributed by atoms with Crippen molar-refractivity contribution in [3.63, 3.8) is 0 Å². The predicted molar refractivity (Wildman–Crippen MR) is 120 cm³/mol. The molecule has 0 spiro atoms. The molecule has 1 aliphatic rings. The van der Waals surface area contributed by atoms with Crippen molar-refractivity contribution in [3.05, 3.63) is 107 Å². The van der Waals surface area contributed by atoms with Crippen molar-refractivity contribution in [1.29, 1.82) is 0 Å². The molecule has 0 aliphatic carbocycles. The summed E-state index contributed by atoms with van der Waals surface area (Å²) in [5, 5.41) is 3.02. The van der Waals surface area contributed by atoms with Crippen molar-refractivity contribution >= 4 is 17.3 Å². The highest BCUT2D eigenvalue weighted by Crippen LogP contribution is 2.32. The molecule has 0 atom stereocenters. The molecule has 0 unspecified atom stereocenters. The number of piperidine rings is 1. The number of carbonyl (C=O) groups is 1. The smallest absolute Gasteiger partial charge is 0.321 e. The van der Waals surface area contributed by atoms with Crippen LogP contribution in [0.25, 0.3) is 5.57 Å². The first kappa shape index (κ1) is 19.0. The molecule has 1 saturated heterocycles. The first-order valence-electron chi connectivity index (χ1n) is 10.2. The van der Waals surface area contributed by atoms with E-state index in [-0.39, 0.29) is 6.03 Å². The zero-order valence-corrected chi connectivity index (χ0v) is 16.8. The van der Waals surface area contributed by atoms with E-state index in [0.29, 0.717) is 0 Å². The number of aryl methyl sites for hydroxylation is 1. The summed E-state index contributed by atoms with van der Waals surface area (Å²) in [7, 11) is 0. The summed E-state index contributed by atoms with van der Waals surface area (Å²) in [5.74, 6) is 0. The first-order chi connectivity index (χ1) is 14.2. The maximum atomic E-state index is 12.7. The molecule has 4 rings (SSSR count). The average molecular weight is 383 g/mol. The van der Waals surface area contributed by atoms with Crippen molar-refractivity contribution in [2.45, 2.75) is 19.8 Å². The summed E-state index contributed by atoms with van der Waals surface area (Å²) < 4.78 is 0. The van der Waals surface area contributed by atoms with Crippen LogP contribution in [0.3, 0.4) is 0 Å². The molecule has 29 heavy (non-hydrogen) atoms. The molecule has 146 valence electrons. The van der Waals surface area contributed by atoms with E-state index in [1.165, 1.54) is 27.8 Å². The molecule has 0 bridgehead atoms. The Morgan fingerprint density at radius 2 is 1.28 bits per heavy atom. The zero-order chi connectivity index (χ0) is 20.1. The number of urea groups is 1. The highest BCUT2D eigenvalue weighted by molar-refractivity contribution is 5.89. The van der Waals surface area contributed by atoms with Crippen LogP contribution in [0.15, 0.2) is 90.5 Å². The van der Waals surface area contributed by atoms with Crippen LogP contribution in [0, 0.1) is 6.92 Å². The van der Waals surface area contributed by atoms with E-state index >= 15 is 0 Å². The highest BCUT2D eigenvalue weighted by Gasteiger charge is 2.22. The van der Waals surface area contributed by atoms with Gasteiger partial charge in [0.15, 0.2) is 0 Å². The fourth-order valence-electron chi connectivity index (χ4n) is 3.85. The number of hydrogen-bond donors (Lipinski definition) is 1.